The Morgan fingerprint density at radius 2 is 1.92 bits per heavy atom. The fraction of sp³-hybridized carbons (Fsp3) is 0.476. The maximum absolute atomic E-state index is 12.6. The van der Waals surface area contributed by atoms with Crippen LogP contribution in [0.5, 0.6) is 0 Å². The van der Waals surface area contributed by atoms with Gasteiger partial charge in [-0.05, 0) is 41.9 Å². The molecule has 1 aromatic carbocycles. The van der Waals surface area contributed by atoms with Crippen LogP contribution < -0.4 is 0 Å². The van der Waals surface area contributed by atoms with Crippen molar-refractivity contribution in [1.82, 2.24) is 4.90 Å². The Labute approximate surface area is 149 Å². The monoisotopic (exact) mass is 341 g/mol. The third kappa shape index (κ3) is 3.96. The molecule has 0 spiro atoms. The molecule has 0 radical (unpaired) electrons. The third-order valence-corrected chi connectivity index (χ3v) is 4.92. The molecule has 25 heavy (non-hydrogen) atoms. The average Bonchev–Trinajstić information content (AvgIpc) is 3.10. The summed E-state index contributed by atoms with van der Waals surface area (Å²) in [6.07, 6.45) is 1.91. The number of amides is 1. The summed E-state index contributed by atoms with van der Waals surface area (Å²) in [6.45, 7) is 8.02. The van der Waals surface area contributed by atoms with Crippen LogP contribution in [0.2, 0.25) is 0 Å². The van der Waals surface area contributed by atoms with Gasteiger partial charge in [0, 0.05) is 25.3 Å². The Morgan fingerprint density at radius 1 is 1.20 bits per heavy atom. The van der Waals surface area contributed by atoms with E-state index in [4.69, 9.17) is 4.42 Å². The molecule has 3 rings (SSSR count). The Bertz CT molecular complexity index is 724. The number of aliphatic hydroxyl groups excluding tert-OH is 1. The van der Waals surface area contributed by atoms with Crippen LogP contribution in [-0.2, 0) is 5.41 Å². The van der Waals surface area contributed by atoms with Crippen molar-refractivity contribution < 1.29 is 14.3 Å². The zero-order chi connectivity index (χ0) is 18.0. The SMILES string of the molecule is CC(C)(C)c1ccc(-c2ccc(C(=O)N3CCCC(CO)C3)o2)cc1. The topological polar surface area (TPSA) is 53.7 Å². The molecule has 1 fully saturated rings. The zero-order valence-corrected chi connectivity index (χ0v) is 15.3. The van der Waals surface area contributed by atoms with Crippen LogP contribution in [0.25, 0.3) is 11.3 Å². The van der Waals surface area contributed by atoms with Gasteiger partial charge in [-0.2, -0.15) is 0 Å². The van der Waals surface area contributed by atoms with Crippen molar-refractivity contribution >= 4 is 5.91 Å². The lowest BCUT2D eigenvalue weighted by Crippen LogP contribution is -2.40. The lowest BCUT2D eigenvalue weighted by atomic mass is 9.86. The lowest BCUT2D eigenvalue weighted by molar-refractivity contribution is 0.0591. The van der Waals surface area contributed by atoms with E-state index in [1.165, 1.54) is 5.56 Å². The molecule has 4 nitrogen and oxygen atoms in total. The molecule has 1 N–H and O–H groups in total. The Hall–Kier alpha value is -2.07. The highest BCUT2D eigenvalue weighted by Gasteiger charge is 2.26. The quantitative estimate of drug-likeness (QED) is 0.915. The van der Waals surface area contributed by atoms with Crippen LogP contribution >= 0.6 is 0 Å². The second-order valence-electron chi connectivity index (χ2n) is 7.93. The van der Waals surface area contributed by atoms with Crippen LogP contribution in [0.4, 0.5) is 0 Å². The smallest absolute Gasteiger partial charge is 0.289 e. The van der Waals surface area contributed by atoms with E-state index in [9.17, 15) is 9.90 Å². The van der Waals surface area contributed by atoms with E-state index in [1.807, 2.05) is 18.2 Å². The molecule has 2 aromatic rings. The van der Waals surface area contributed by atoms with E-state index in [1.54, 1.807) is 11.0 Å². The van der Waals surface area contributed by atoms with E-state index < -0.39 is 0 Å². The first-order valence-corrected chi connectivity index (χ1v) is 8.99. The summed E-state index contributed by atoms with van der Waals surface area (Å²) in [4.78, 5) is 14.4. The number of hydrogen-bond acceptors (Lipinski definition) is 3. The van der Waals surface area contributed by atoms with Crippen LogP contribution in [0, 0.1) is 5.92 Å². The first-order chi connectivity index (χ1) is 11.9. The van der Waals surface area contributed by atoms with Crippen LogP contribution in [0.3, 0.4) is 0 Å². The van der Waals surface area contributed by atoms with Crippen LogP contribution in [0.1, 0.15) is 49.7 Å². The van der Waals surface area contributed by atoms with Crippen molar-refractivity contribution in [3.63, 3.8) is 0 Å². The van der Waals surface area contributed by atoms with Gasteiger partial charge < -0.3 is 14.4 Å². The number of likely N-dealkylation sites (tertiary alicyclic amines) is 1. The normalized spacial score (nSPS) is 18.4. The highest BCUT2D eigenvalue weighted by molar-refractivity contribution is 5.92. The lowest BCUT2D eigenvalue weighted by Gasteiger charge is -2.31. The standard InChI is InChI=1S/C21H27NO3/c1-21(2,3)17-8-6-16(7-9-17)18-10-11-19(25-18)20(24)22-12-4-5-15(13-22)14-23/h6-11,15,23H,4-5,12-14H2,1-3H3. The van der Waals surface area contributed by atoms with Crippen molar-refractivity contribution in [3.05, 3.63) is 47.7 Å². The van der Waals surface area contributed by atoms with Gasteiger partial charge in [0.15, 0.2) is 5.76 Å². The summed E-state index contributed by atoms with van der Waals surface area (Å²) in [7, 11) is 0. The largest absolute Gasteiger partial charge is 0.451 e. The van der Waals surface area contributed by atoms with Crippen molar-refractivity contribution in [2.75, 3.05) is 19.7 Å². The molecule has 2 heterocycles. The van der Waals surface area contributed by atoms with Crippen LogP contribution in [-0.4, -0.2) is 35.6 Å². The predicted molar refractivity (Wildman–Crippen MR) is 98.6 cm³/mol. The molecular weight excluding hydrogens is 314 g/mol. The van der Waals surface area contributed by atoms with E-state index in [0.717, 1.165) is 24.9 Å². The number of carbonyl (C=O) groups excluding carboxylic acids is 1. The number of rotatable bonds is 3. The zero-order valence-electron chi connectivity index (χ0n) is 15.3. The molecule has 134 valence electrons. The third-order valence-electron chi connectivity index (χ3n) is 4.92. The number of benzene rings is 1. The average molecular weight is 341 g/mol. The number of furan rings is 1. The van der Waals surface area contributed by atoms with E-state index in [-0.39, 0.29) is 23.8 Å². The van der Waals surface area contributed by atoms with Gasteiger partial charge in [-0.25, -0.2) is 0 Å². The van der Waals surface area contributed by atoms with E-state index in [0.29, 0.717) is 18.1 Å². The summed E-state index contributed by atoms with van der Waals surface area (Å²) < 4.78 is 5.83. The van der Waals surface area contributed by atoms with Gasteiger partial charge in [-0.15, -0.1) is 0 Å². The molecule has 1 unspecified atom stereocenters. The van der Waals surface area contributed by atoms with Crippen molar-refractivity contribution in [2.24, 2.45) is 5.92 Å². The summed E-state index contributed by atoms with van der Waals surface area (Å²) in [5, 5.41) is 9.33. The predicted octanol–water partition coefficient (Wildman–Crippen LogP) is 4.09. The molecule has 0 aliphatic carbocycles. The first-order valence-electron chi connectivity index (χ1n) is 8.99. The minimum Gasteiger partial charge on any atom is -0.451 e. The van der Waals surface area contributed by atoms with Gasteiger partial charge in [0.25, 0.3) is 5.91 Å². The second-order valence-corrected chi connectivity index (χ2v) is 7.93. The van der Waals surface area contributed by atoms with Gasteiger partial charge in [0.2, 0.25) is 0 Å². The van der Waals surface area contributed by atoms with E-state index in [2.05, 4.69) is 32.9 Å². The number of carbonyl (C=O) groups is 1. The van der Waals surface area contributed by atoms with Gasteiger partial charge in [0.1, 0.15) is 5.76 Å². The maximum atomic E-state index is 12.6. The van der Waals surface area contributed by atoms with Gasteiger partial charge in [0.05, 0.1) is 0 Å². The molecule has 0 saturated carbocycles. The highest BCUT2D eigenvalue weighted by Crippen LogP contribution is 2.28. The molecule has 4 heteroatoms. The summed E-state index contributed by atoms with van der Waals surface area (Å²) >= 11 is 0. The fourth-order valence-electron chi connectivity index (χ4n) is 3.30. The maximum Gasteiger partial charge on any atom is 0.289 e. The van der Waals surface area contributed by atoms with Crippen LogP contribution in [0.15, 0.2) is 40.8 Å². The molecule has 1 aromatic heterocycles. The Kier molecular flexibility index (Phi) is 5.00. The number of nitrogens with zero attached hydrogens (tertiary/aromatic N) is 1. The molecule has 1 aliphatic heterocycles. The molecule has 1 aliphatic rings. The molecule has 1 atom stereocenters. The molecule has 1 saturated heterocycles. The Balaban J connectivity index is 1.74. The van der Waals surface area contributed by atoms with Crippen molar-refractivity contribution in [1.29, 1.82) is 0 Å². The minimum atomic E-state index is -0.0873. The summed E-state index contributed by atoms with van der Waals surface area (Å²) in [5.41, 5.74) is 2.35. The Morgan fingerprint density at radius 3 is 2.56 bits per heavy atom. The highest BCUT2D eigenvalue weighted by atomic mass is 16.4. The van der Waals surface area contributed by atoms with Crippen molar-refractivity contribution in [2.45, 2.75) is 39.0 Å². The summed E-state index contributed by atoms with van der Waals surface area (Å²) in [6, 6.07) is 11.9. The second kappa shape index (κ2) is 7.04. The number of hydrogen-bond donors (Lipinski definition) is 1. The van der Waals surface area contributed by atoms with Gasteiger partial charge in [-0.1, -0.05) is 45.0 Å². The number of piperidine rings is 1. The molecular formula is C21H27NO3. The van der Waals surface area contributed by atoms with Gasteiger partial charge in [-0.3, -0.25) is 4.79 Å². The van der Waals surface area contributed by atoms with Gasteiger partial charge >= 0.3 is 0 Å². The summed E-state index contributed by atoms with van der Waals surface area (Å²) in [5.74, 6) is 1.17. The van der Waals surface area contributed by atoms with E-state index >= 15 is 0 Å². The van der Waals surface area contributed by atoms with Crippen molar-refractivity contribution in [3.8, 4) is 11.3 Å². The number of aliphatic hydroxyl groups is 1. The fourth-order valence-corrected chi connectivity index (χ4v) is 3.30. The minimum absolute atomic E-state index is 0.0873. The first kappa shape index (κ1) is 17.7. The molecule has 0 bridgehead atoms. The molecule has 1 amide bonds.